The minimum absolute atomic E-state index is 0.435. The van der Waals surface area contributed by atoms with Crippen LogP contribution < -0.4 is 5.32 Å². The zero-order valence-corrected chi connectivity index (χ0v) is 22.1. The lowest BCUT2D eigenvalue weighted by Crippen LogP contribution is -2.19. The number of hydrogen-bond donors (Lipinski definition) is 2. The predicted octanol–water partition coefficient (Wildman–Crippen LogP) is 8.30. The molecular formula is C20H17Cl6N3S2. The lowest BCUT2D eigenvalue weighted by atomic mass is 10.2. The normalized spacial score (nSPS) is 10.5. The van der Waals surface area contributed by atoms with E-state index in [0.29, 0.717) is 39.9 Å². The fourth-order valence-corrected chi connectivity index (χ4v) is 5.34. The van der Waals surface area contributed by atoms with Crippen molar-refractivity contribution in [1.82, 2.24) is 15.3 Å². The van der Waals surface area contributed by atoms with E-state index in [2.05, 4.69) is 27.9 Å². The number of nitrogens with one attached hydrogen (secondary N) is 1. The van der Waals surface area contributed by atoms with Crippen LogP contribution in [0.15, 0.2) is 52.8 Å². The third-order valence-electron chi connectivity index (χ3n) is 3.62. The average Bonchev–Trinajstić information content (AvgIpc) is 2.71. The molecule has 0 saturated heterocycles. The summed E-state index contributed by atoms with van der Waals surface area (Å²) in [4.78, 5) is 9.13. The van der Waals surface area contributed by atoms with E-state index in [9.17, 15) is 0 Å². The molecule has 0 atom stereocenters. The highest BCUT2D eigenvalue weighted by molar-refractivity contribution is 7.99. The molecule has 2 aromatic carbocycles. The molecule has 0 aliphatic heterocycles. The third-order valence-corrected chi connectivity index (χ3v) is 7.21. The van der Waals surface area contributed by atoms with Crippen molar-refractivity contribution < 1.29 is 0 Å². The summed E-state index contributed by atoms with van der Waals surface area (Å²) < 4.78 is 0. The number of hydrogen-bond acceptors (Lipinski definition) is 5. The second kappa shape index (κ2) is 14.2. The number of rotatable bonds is 7. The summed E-state index contributed by atoms with van der Waals surface area (Å²) in [6.07, 6.45) is 6.21. The quantitative estimate of drug-likeness (QED) is 0.219. The molecule has 1 heterocycles. The Balaban J connectivity index is 0.000000245. The number of thiol groups is 1. The monoisotopic (exact) mass is 573 g/mol. The molecule has 1 aromatic heterocycles. The number of nitrogens with zero attached hydrogens (tertiary/aromatic N) is 2. The van der Waals surface area contributed by atoms with E-state index in [1.165, 1.54) is 17.3 Å². The van der Waals surface area contributed by atoms with Crippen LogP contribution in [0.1, 0.15) is 5.56 Å². The highest BCUT2D eigenvalue weighted by atomic mass is 35.5. The Labute approximate surface area is 221 Å². The molecule has 1 N–H and O–H groups in total. The fourth-order valence-electron chi connectivity index (χ4n) is 2.25. The summed E-state index contributed by atoms with van der Waals surface area (Å²) in [6, 6.07) is 6.42. The molecule has 11 heteroatoms. The van der Waals surface area contributed by atoms with Gasteiger partial charge in [-0.05, 0) is 42.8 Å². The maximum Gasteiger partial charge on any atom is 0.115 e. The standard InChI is InChI=1S/C12H4Cl6S.C8H13N3S/c13-5-1-7(15)11(8(16)2-5)19-12-9(17)3-6(14)4-10(12)18;12-4-3-9-2-1-8-5-10-7-11-6-8/h1-4H;5-7,9,12H,1-4H2. The van der Waals surface area contributed by atoms with E-state index in [0.717, 1.165) is 25.3 Å². The van der Waals surface area contributed by atoms with Crippen molar-refractivity contribution in [2.45, 2.75) is 16.2 Å². The first kappa shape index (κ1) is 27.2. The second-order valence-corrected chi connectivity index (χ2v) is 9.94. The summed E-state index contributed by atoms with van der Waals surface area (Å²) in [5.41, 5.74) is 1.17. The summed E-state index contributed by atoms with van der Waals surface area (Å²) in [7, 11) is 0. The maximum atomic E-state index is 6.12. The van der Waals surface area contributed by atoms with E-state index in [1.54, 1.807) is 30.6 Å². The van der Waals surface area contributed by atoms with Crippen LogP contribution in [0.25, 0.3) is 0 Å². The number of aromatic nitrogens is 2. The molecule has 0 radical (unpaired) electrons. The van der Waals surface area contributed by atoms with Gasteiger partial charge in [-0.2, -0.15) is 12.6 Å². The lowest BCUT2D eigenvalue weighted by Gasteiger charge is -2.10. The summed E-state index contributed by atoms with van der Waals surface area (Å²) in [5.74, 6) is 0.880. The van der Waals surface area contributed by atoms with Crippen LogP contribution in [-0.4, -0.2) is 28.8 Å². The zero-order chi connectivity index (χ0) is 22.8. The summed E-state index contributed by atoms with van der Waals surface area (Å²) in [6.45, 7) is 1.92. The Morgan fingerprint density at radius 1 is 0.742 bits per heavy atom. The van der Waals surface area contributed by atoms with Gasteiger partial charge in [-0.25, -0.2) is 9.97 Å². The minimum atomic E-state index is 0.435. The van der Waals surface area contributed by atoms with E-state index >= 15 is 0 Å². The van der Waals surface area contributed by atoms with Gasteiger partial charge < -0.3 is 5.32 Å². The SMILES string of the molecule is Clc1cc(Cl)c(Sc2c(Cl)cc(Cl)cc2Cl)c(Cl)c1.SCCNCCc1cncnc1. The number of halogens is 6. The van der Waals surface area contributed by atoms with Crippen molar-refractivity contribution in [3.63, 3.8) is 0 Å². The Kier molecular flexibility index (Phi) is 12.5. The Morgan fingerprint density at radius 3 is 1.61 bits per heavy atom. The van der Waals surface area contributed by atoms with Gasteiger partial charge in [-0.3, -0.25) is 0 Å². The molecule has 3 rings (SSSR count). The maximum absolute atomic E-state index is 6.12. The summed E-state index contributed by atoms with van der Waals surface area (Å²) >= 11 is 41.6. The topological polar surface area (TPSA) is 37.8 Å². The van der Waals surface area contributed by atoms with Gasteiger partial charge in [-0.15, -0.1) is 0 Å². The average molecular weight is 576 g/mol. The molecule has 3 nitrogen and oxygen atoms in total. The summed E-state index contributed by atoms with van der Waals surface area (Å²) in [5, 5.41) is 5.92. The first-order valence-corrected chi connectivity index (χ1v) is 12.6. The van der Waals surface area contributed by atoms with Crippen LogP contribution in [0, 0.1) is 0 Å². The van der Waals surface area contributed by atoms with Gasteiger partial charge in [-0.1, -0.05) is 81.4 Å². The molecule has 0 amide bonds. The Bertz CT molecular complexity index is 890. The van der Waals surface area contributed by atoms with Crippen molar-refractivity contribution in [3.05, 3.63) is 78.7 Å². The van der Waals surface area contributed by atoms with Crippen LogP contribution in [-0.2, 0) is 6.42 Å². The second-order valence-electron chi connectivity index (χ2n) is 5.97. The van der Waals surface area contributed by atoms with Crippen molar-refractivity contribution >= 4 is 94.0 Å². The lowest BCUT2D eigenvalue weighted by molar-refractivity contribution is 0.719. The van der Waals surface area contributed by atoms with Gasteiger partial charge in [0.2, 0.25) is 0 Å². The van der Waals surface area contributed by atoms with Gasteiger partial charge in [0.1, 0.15) is 6.33 Å². The minimum Gasteiger partial charge on any atom is -0.316 e. The van der Waals surface area contributed by atoms with Gasteiger partial charge in [0.15, 0.2) is 0 Å². The first-order valence-electron chi connectivity index (χ1n) is 8.84. The molecule has 0 spiro atoms. The molecule has 0 bridgehead atoms. The molecule has 0 aliphatic rings. The smallest absolute Gasteiger partial charge is 0.115 e. The first-order chi connectivity index (χ1) is 14.8. The van der Waals surface area contributed by atoms with Crippen LogP contribution >= 0.6 is 94.0 Å². The van der Waals surface area contributed by atoms with E-state index in [-0.39, 0.29) is 0 Å². The van der Waals surface area contributed by atoms with Crippen LogP contribution in [0.3, 0.4) is 0 Å². The fraction of sp³-hybridized carbons (Fsp3) is 0.200. The van der Waals surface area contributed by atoms with Crippen molar-refractivity contribution in [2.75, 3.05) is 18.8 Å². The third kappa shape index (κ3) is 9.36. The zero-order valence-electron chi connectivity index (χ0n) is 15.9. The number of benzene rings is 2. The van der Waals surface area contributed by atoms with Crippen molar-refractivity contribution in [1.29, 1.82) is 0 Å². The van der Waals surface area contributed by atoms with Crippen molar-refractivity contribution in [3.8, 4) is 0 Å². The molecule has 31 heavy (non-hydrogen) atoms. The molecule has 166 valence electrons. The Morgan fingerprint density at radius 2 is 1.19 bits per heavy atom. The molecule has 0 fully saturated rings. The van der Waals surface area contributed by atoms with Crippen molar-refractivity contribution in [2.24, 2.45) is 0 Å². The largest absolute Gasteiger partial charge is 0.316 e. The molecule has 0 unspecified atom stereocenters. The van der Waals surface area contributed by atoms with Crippen LogP contribution in [0.5, 0.6) is 0 Å². The van der Waals surface area contributed by atoms with Gasteiger partial charge in [0.05, 0.1) is 20.1 Å². The Hall–Kier alpha value is -0.0800. The molecule has 3 aromatic rings. The highest BCUT2D eigenvalue weighted by Crippen LogP contribution is 2.45. The van der Waals surface area contributed by atoms with Gasteiger partial charge >= 0.3 is 0 Å². The van der Waals surface area contributed by atoms with E-state index < -0.39 is 0 Å². The molecule has 0 saturated carbocycles. The highest BCUT2D eigenvalue weighted by Gasteiger charge is 2.15. The van der Waals surface area contributed by atoms with E-state index in [4.69, 9.17) is 69.6 Å². The van der Waals surface area contributed by atoms with E-state index in [1.807, 2.05) is 12.4 Å². The van der Waals surface area contributed by atoms with Crippen LogP contribution in [0.2, 0.25) is 30.1 Å². The molecule has 0 aliphatic carbocycles. The molecular weight excluding hydrogens is 559 g/mol. The predicted molar refractivity (Wildman–Crippen MR) is 140 cm³/mol. The van der Waals surface area contributed by atoms with Gasteiger partial charge in [0.25, 0.3) is 0 Å². The van der Waals surface area contributed by atoms with Gasteiger partial charge in [0, 0.05) is 44.5 Å². The van der Waals surface area contributed by atoms with Crippen LogP contribution in [0.4, 0.5) is 0 Å².